The number of ether oxygens (including phenoxy) is 2. The van der Waals surface area contributed by atoms with Crippen molar-refractivity contribution in [2.75, 3.05) is 45.5 Å². The lowest BCUT2D eigenvalue weighted by Crippen LogP contribution is -2.50. The standard InChI is InChI=1S/C35H39F2N5O4.C5H10.2C2H6/c1-5-7-16-42(20-43)32-28-31(39-34(40-32)46-19-35-13-8-10-26(35)41(3)15-9-14-35)29(37)30(38-33(28)45-4)24-18-22(44)17-21-11-12-25(36)23(6-2)27(21)24;1-5(2)3-4-5;2*1-2/h2,11-12,17-18,26,43-44H,5,7-10,13-16,19-20H2,1,3-4H3;3-4H2,1-2H3;2*1-2H3. The van der Waals surface area contributed by atoms with Crippen LogP contribution in [0.3, 0.4) is 0 Å². The van der Waals surface area contributed by atoms with Crippen molar-refractivity contribution in [3.05, 3.63) is 41.5 Å². The van der Waals surface area contributed by atoms with Crippen LogP contribution < -0.4 is 14.4 Å². The first-order valence-electron chi connectivity index (χ1n) is 20.0. The summed E-state index contributed by atoms with van der Waals surface area (Å²) in [5.41, 5.74) is 0.295. The highest BCUT2D eigenvalue weighted by Crippen LogP contribution is 2.48. The Morgan fingerprint density at radius 3 is 2.33 bits per heavy atom. The number of methoxy groups -OCH3 is 1. The molecule has 2 aromatic heterocycles. The lowest BCUT2D eigenvalue weighted by atomic mass is 9.76. The van der Waals surface area contributed by atoms with Crippen LogP contribution in [-0.4, -0.2) is 76.7 Å². The van der Waals surface area contributed by atoms with E-state index in [0.717, 1.165) is 56.9 Å². The van der Waals surface area contributed by atoms with Crippen molar-refractivity contribution in [1.82, 2.24) is 19.9 Å². The number of halogens is 2. The molecule has 9 nitrogen and oxygen atoms in total. The number of aliphatic hydroxyl groups excluding tert-OH is 1. The summed E-state index contributed by atoms with van der Waals surface area (Å²) >= 11 is 0. The van der Waals surface area contributed by atoms with Crippen molar-refractivity contribution >= 4 is 27.5 Å². The molecule has 55 heavy (non-hydrogen) atoms. The number of hydrogen-bond acceptors (Lipinski definition) is 9. The number of unbranched alkanes of at least 4 members (excludes halogenated alkanes) is 1. The van der Waals surface area contributed by atoms with E-state index in [9.17, 15) is 14.6 Å². The fourth-order valence-electron chi connectivity index (χ4n) is 7.70. The smallest absolute Gasteiger partial charge is 0.319 e. The predicted octanol–water partition coefficient (Wildman–Crippen LogP) is 9.88. The summed E-state index contributed by atoms with van der Waals surface area (Å²) in [6.45, 7) is 16.1. The molecule has 2 saturated carbocycles. The molecule has 0 radical (unpaired) electrons. The van der Waals surface area contributed by atoms with E-state index in [1.807, 2.05) is 34.6 Å². The van der Waals surface area contributed by atoms with E-state index >= 15 is 4.39 Å². The van der Waals surface area contributed by atoms with Crippen LogP contribution in [0.1, 0.15) is 112 Å². The highest BCUT2D eigenvalue weighted by atomic mass is 19.1. The van der Waals surface area contributed by atoms with Crippen molar-refractivity contribution in [1.29, 1.82) is 0 Å². The zero-order valence-corrected chi connectivity index (χ0v) is 34.4. The van der Waals surface area contributed by atoms with E-state index < -0.39 is 18.4 Å². The van der Waals surface area contributed by atoms with Gasteiger partial charge in [-0.1, -0.05) is 73.3 Å². The average Bonchev–Trinajstić information content (AvgIpc) is 3.71. The van der Waals surface area contributed by atoms with Gasteiger partial charge in [0.25, 0.3) is 0 Å². The maximum atomic E-state index is 16.9. The zero-order valence-electron chi connectivity index (χ0n) is 34.4. The van der Waals surface area contributed by atoms with Gasteiger partial charge in [0, 0.05) is 29.0 Å². The van der Waals surface area contributed by atoms with Crippen molar-refractivity contribution in [2.45, 2.75) is 112 Å². The lowest BCUT2D eigenvalue weighted by molar-refractivity contribution is 0.0133. The largest absolute Gasteiger partial charge is 0.508 e. The fraction of sp³-hybridized carbons (Fsp3) is 0.568. The van der Waals surface area contributed by atoms with Crippen molar-refractivity contribution in [3.8, 4) is 41.2 Å². The number of rotatable bonds is 10. The molecule has 2 aromatic carbocycles. The van der Waals surface area contributed by atoms with E-state index in [1.165, 1.54) is 44.2 Å². The van der Waals surface area contributed by atoms with E-state index in [4.69, 9.17) is 20.9 Å². The number of phenolic OH excluding ortho intramolecular Hbond substituents is 1. The molecular formula is C44H61F2N5O4. The molecule has 3 heterocycles. The summed E-state index contributed by atoms with van der Waals surface area (Å²) in [5.74, 6) is 0.872. The van der Waals surface area contributed by atoms with Crippen LogP contribution in [0.5, 0.6) is 17.6 Å². The van der Waals surface area contributed by atoms with Gasteiger partial charge in [0.05, 0.1) is 19.3 Å². The molecule has 11 heteroatoms. The summed E-state index contributed by atoms with van der Waals surface area (Å²) in [6, 6.07) is 5.73. The first-order chi connectivity index (χ1) is 26.5. The summed E-state index contributed by atoms with van der Waals surface area (Å²) < 4.78 is 43.9. The molecule has 4 aromatic rings. The van der Waals surface area contributed by atoms with E-state index in [1.54, 1.807) is 4.90 Å². The second kappa shape index (κ2) is 19.1. The number of benzene rings is 2. The second-order valence-electron chi connectivity index (χ2n) is 15.1. The van der Waals surface area contributed by atoms with Gasteiger partial charge in [-0.2, -0.15) is 9.97 Å². The predicted molar refractivity (Wildman–Crippen MR) is 219 cm³/mol. The number of terminal acetylenes is 1. The fourth-order valence-corrected chi connectivity index (χ4v) is 7.70. The van der Waals surface area contributed by atoms with E-state index in [0.29, 0.717) is 24.6 Å². The summed E-state index contributed by atoms with van der Waals surface area (Å²) in [7, 11) is 3.54. The van der Waals surface area contributed by atoms with Crippen LogP contribution >= 0.6 is 0 Å². The number of aromatic hydroxyl groups is 1. The minimum Gasteiger partial charge on any atom is -0.508 e. The Morgan fingerprint density at radius 2 is 1.71 bits per heavy atom. The van der Waals surface area contributed by atoms with Crippen LogP contribution in [0.4, 0.5) is 14.6 Å². The topological polar surface area (TPSA) is 104 Å². The third-order valence-electron chi connectivity index (χ3n) is 10.9. The number of likely N-dealkylation sites (tertiary alicyclic amines) is 1. The van der Waals surface area contributed by atoms with Gasteiger partial charge in [0.15, 0.2) is 11.6 Å². The molecule has 7 rings (SSSR count). The van der Waals surface area contributed by atoms with Crippen LogP contribution in [0.15, 0.2) is 24.3 Å². The lowest BCUT2D eigenvalue weighted by Gasteiger charge is -2.44. The first kappa shape index (κ1) is 43.5. The Bertz CT molecular complexity index is 1960. The Balaban J connectivity index is 0.000000673. The minimum absolute atomic E-state index is 0.0126. The van der Waals surface area contributed by atoms with Gasteiger partial charge in [-0.3, -0.25) is 0 Å². The Morgan fingerprint density at radius 1 is 1.02 bits per heavy atom. The third kappa shape index (κ3) is 9.41. The SMILES string of the molecule is C#Cc1c(F)ccc2cc(O)cc(-c3nc(OC)c4c(N(CO)CCCC)nc(OCC56CCCC5N(C)CCC6)nc4c3F)c12.CC.CC.CC1(C)CC1. The van der Waals surface area contributed by atoms with E-state index in [2.05, 4.69) is 41.7 Å². The van der Waals surface area contributed by atoms with Crippen LogP contribution in [0.2, 0.25) is 0 Å². The molecule has 1 aliphatic heterocycles. The highest BCUT2D eigenvalue weighted by Gasteiger charge is 2.47. The number of pyridine rings is 1. The molecule has 2 aliphatic carbocycles. The maximum absolute atomic E-state index is 16.9. The van der Waals surface area contributed by atoms with Crippen molar-refractivity contribution in [2.24, 2.45) is 10.8 Å². The third-order valence-corrected chi connectivity index (χ3v) is 10.9. The number of anilines is 1. The molecule has 0 amide bonds. The van der Waals surface area contributed by atoms with Gasteiger partial charge < -0.3 is 29.5 Å². The molecule has 0 spiro atoms. The summed E-state index contributed by atoms with van der Waals surface area (Å²) in [6.07, 6.45) is 15.5. The number of fused-ring (bicyclic) bond motifs is 3. The molecule has 2 atom stereocenters. The van der Waals surface area contributed by atoms with Gasteiger partial charge in [-0.25, -0.2) is 13.8 Å². The normalized spacial score (nSPS) is 19.4. The van der Waals surface area contributed by atoms with Gasteiger partial charge in [-0.05, 0) is 87.5 Å². The Hall–Kier alpha value is -4.27. The first-order valence-corrected chi connectivity index (χ1v) is 20.0. The molecule has 1 saturated heterocycles. The summed E-state index contributed by atoms with van der Waals surface area (Å²) in [4.78, 5) is 17.8. The number of aromatic nitrogens is 3. The van der Waals surface area contributed by atoms with Gasteiger partial charge in [0.2, 0.25) is 5.88 Å². The Labute approximate surface area is 326 Å². The van der Waals surface area contributed by atoms with Gasteiger partial charge in [0.1, 0.15) is 34.9 Å². The van der Waals surface area contributed by atoms with Crippen molar-refractivity contribution < 1.29 is 28.5 Å². The van der Waals surface area contributed by atoms with Crippen molar-refractivity contribution in [3.63, 3.8) is 0 Å². The number of nitrogens with zero attached hydrogens (tertiary/aromatic N) is 5. The molecule has 3 fully saturated rings. The number of piperidine rings is 1. The molecule has 300 valence electrons. The monoisotopic (exact) mass is 761 g/mol. The van der Waals surface area contributed by atoms with Gasteiger partial charge in [-0.15, -0.1) is 6.42 Å². The average molecular weight is 762 g/mol. The summed E-state index contributed by atoms with van der Waals surface area (Å²) in [5, 5.41) is 21.8. The quantitative estimate of drug-likeness (QED) is 0.121. The number of hydrogen-bond donors (Lipinski definition) is 2. The number of phenols is 1. The van der Waals surface area contributed by atoms with Crippen LogP contribution in [0, 0.1) is 34.8 Å². The minimum atomic E-state index is -0.855. The van der Waals surface area contributed by atoms with Crippen LogP contribution in [0.25, 0.3) is 32.9 Å². The molecule has 2 N–H and O–H groups in total. The maximum Gasteiger partial charge on any atom is 0.319 e. The highest BCUT2D eigenvalue weighted by molar-refractivity contribution is 6.04. The molecule has 3 aliphatic rings. The molecule has 0 bridgehead atoms. The number of aliphatic hydroxyl groups is 1. The molecular weight excluding hydrogens is 701 g/mol. The second-order valence-corrected chi connectivity index (χ2v) is 15.1. The van der Waals surface area contributed by atoms with Crippen LogP contribution in [-0.2, 0) is 0 Å². The Kier molecular flexibility index (Phi) is 15.1. The van der Waals surface area contributed by atoms with Gasteiger partial charge >= 0.3 is 6.01 Å². The zero-order chi connectivity index (χ0) is 40.5. The molecule has 2 unspecified atom stereocenters. The van der Waals surface area contributed by atoms with E-state index in [-0.39, 0.29) is 62.0 Å².